The number of rotatable bonds is 5. The summed E-state index contributed by atoms with van der Waals surface area (Å²) in [4.78, 5) is 11.4. The van der Waals surface area contributed by atoms with Crippen molar-refractivity contribution in [1.29, 1.82) is 0 Å². The van der Waals surface area contributed by atoms with Crippen LogP contribution in [-0.2, 0) is 6.54 Å². The van der Waals surface area contributed by atoms with Crippen molar-refractivity contribution >= 4 is 17.3 Å². The lowest BCUT2D eigenvalue weighted by molar-refractivity contribution is 0.176. The second kappa shape index (κ2) is 7.62. The fourth-order valence-corrected chi connectivity index (χ4v) is 3.80. The summed E-state index contributed by atoms with van der Waals surface area (Å²) < 4.78 is 0. The van der Waals surface area contributed by atoms with E-state index < -0.39 is 0 Å². The lowest BCUT2D eigenvalue weighted by Gasteiger charge is -2.31. The summed E-state index contributed by atoms with van der Waals surface area (Å²) in [6, 6.07) is 0.629. The van der Waals surface area contributed by atoms with Crippen LogP contribution in [0, 0.1) is 18.8 Å². The topological polar surface area (TPSA) is 52.6 Å². The van der Waals surface area contributed by atoms with Crippen molar-refractivity contribution in [1.82, 2.24) is 20.5 Å². The van der Waals surface area contributed by atoms with E-state index in [1.165, 1.54) is 43.1 Å². The van der Waals surface area contributed by atoms with Crippen LogP contribution in [0.3, 0.4) is 0 Å². The minimum absolute atomic E-state index is 0.629. The van der Waals surface area contributed by atoms with Crippen molar-refractivity contribution in [3.8, 4) is 0 Å². The predicted octanol–water partition coefficient (Wildman–Crippen LogP) is 2.24. The average molecular weight is 336 g/mol. The SMILES string of the molecule is CN=C(NCC1CCN(Cc2csc(C)n2)CC1)NC1CC1C. The number of thiazole rings is 1. The molecule has 1 saturated carbocycles. The van der Waals surface area contributed by atoms with Gasteiger partial charge in [0.1, 0.15) is 0 Å². The maximum absolute atomic E-state index is 4.57. The van der Waals surface area contributed by atoms with Crippen LogP contribution in [0.2, 0.25) is 0 Å². The summed E-state index contributed by atoms with van der Waals surface area (Å²) in [5, 5.41) is 10.4. The third-order valence-electron chi connectivity index (χ3n) is 4.97. The van der Waals surface area contributed by atoms with Crippen molar-refractivity contribution in [2.45, 2.75) is 45.7 Å². The molecule has 2 aliphatic rings. The molecular formula is C17H29N5S. The first-order chi connectivity index (χ1) is 11.1. The minimum atomic E-state index is 0.629. The van der Waals surface area contributed by atoms with Gasteiger partial charge in [0, 0.05) is 31.6 Å². The molecule has 0 spiro atoms. The fourth-order valence-electron chi connectivity index (χ4n) is 3.19. The van der Waals surface area contributed by atoms with E-state index in [2.05, 4.69) is 44.7 Å². The molecule has 23 heavy (non-hydrogen) atoms. The number of nitrogens with zero attached hydrogens (tertiary/aromatic N) is 3. The molecule has 3 rings (SSSR count). The summed E-state index contributed by atoms with van der Waals surface area (Å²) >= 11 is 1.75. The van der Waals surface area contributed by atoms with Gasteiger partial charge in [0.2, 0.25) is 0 Å². The zero-order valence-electron chi connectivity index (χ0n) is 14.5. The normalized spacial score (nSPS) is 26.3. The number of guanidine groups is 1. The number of aliphatic imine (C=N–C) groups is 1. The van der Waals surface area contributed by atoms with Crippen LogP contribution in [-0.4, -0.2) is 48.6 Å². The molecule has 2 atom stereocenters. The average Bonchev–Trinajstić information content (AvgIpc) is 3.09. The highest BCUT2D eigenvalue weighted by atomic mass is 32.1. The van der Waals surface area contributed by atoms with Crippen LogP contribution in [0.4, 0.5) is 0 Å². The second-order valence-electron chi connectivity index (χ2n) is 6.99. The zero-order chi connectivity index (χ0) is 16.2. The summed E-state index contributed by atoms with van der Waals surface area (Å²) in [6.45, 7) is 8.75. The van der Waals surface area contributed by atoms with Gasteiger partial charge in [-0.05, 0) is 51.1 Å². The van der Waals surface area contributed by atoms with Gasteiger partial charge < -0.3 is 10.6 Å². The number of likely N-dealkylation sites (tertiary alicyclic amines) is 1. The predicted molar refractivity (Wildman–Crippen MR) is 96.9 cm³/mol. The molecular weight excluding hydrogens is 306 g/mol. The van der Waals surface area contributed by atoms with E-state index in [9.17, 15) is 0 Å². The molecule has 0 amide bonds. The van der Waals surface area contributed by atoms with Gasteiger partial charge in [-0.25, -0.2) is 4.98 Å². The molecule has 1 aromatic rings. The highest BCUT2D eigenvalue weighted by Crippen LogP contribution is 2.28. The Morgan fingerprint density at radius 2 is 2.17 bits per heavy atom. The van der Waals surface area contributed by atoms with Crippen molar-refractivity contribution in [2.75, 3.05) is 26.7 Å². The highest BCUT2D eigenvalue weighted by molar-refractivity contribution is 7.09. The maximum Gasteiger partial charge on any atom is 0.191 e. The Hall–Kier alpha value is -1.14. The Kier molecular flexibility index (Phi) is 5.54. The number of hydrogen-bond donors (Lipinski definition) is 2. The van der Waals surface area contributed by atoms with Crippen LogP contribution in [0.5, 0.6) is 0 Å². The number of aryl methyl sites for hydroxylation is 1. The summed E-state index contributed by atoms with van der Waals surface area (Å²) in [7, 11) is 1.86. The molecule has 0 radical (unpaired) electrons. The molecule has 1 aliphatic carbocycles. The first-order valence-electron chi connectivity index (χ1n) is 8.74. The van der Waals surface area contributed by atoms with Gasteiger partial charge in [-0.1, -0.05) is 6.92 Å². The van der Waals surface area contributed by atoms with Gasteiger partial charge in [0.05, 0.1) is 10.7 Å². The molecule has 2 unspecified atom stereocenters. The van der Waals surface area contributed by atoms with Gasteiger partial charge >= 0.3 is 0 Å². The van der Waals surface area contributed by atoms with Gasteiger partial charge in [0.15, 0.2) is 5.96 Å². The fraction of sp³-hybridized carbons (Fsp3) is 0.765. The first kappa shape index (κ1) is 16.7. The van der Waals surface area contributed by atoms with Crippen LogP contribution >= 0.6 is 11.3 Å². The minimum Gasteiger partial charge on any atom is -0.356 e. The first-order valence-corrected chi connectivity index (χ1v) is 9.62. The standard InChI is InChI=1S/C17H29N5S/c1-12-8-16(12)21-17(18-3)19-9-14-4-6-22(7-5-14)10-15-11-23-13(2)20-15/h11-12,14,16H,4-10H2,1-3H3,(H2,18,19,21). The third kappa shape index (κ3) is 4.91. The van der Waals surface area contributed by atoms with E-state index >= 15 is 0 Å². The molecule has 1 saturated heterocycles. The summed E-state index contributed by atoms with van der Waals surface area (Å²) in [6.07, 6.45) is 3.79. The third-order valence-corrected chi connectivity index (χ3v) is 5.80. The molecule has 1 aliphatic heterocycles. The molecule has 2 fully saturated rings. The zero-order valence-corrected chi connectivity index (χ0v) is 15.3. The van der Waals surface area contributed by atoms with Crippen molar-refractivity contribution in [3.05, 3.63) is 16.1 Å². The van der Waals surface area contributed by atoms with Crippen LogP contribution in [0.25, 0.3) is 0 Å². The van der Waals surface area contributed by atoms with E-state index in [1.54, 1.807) is 11.3 Å². The molecule has 2 N–H and O–H groups in total. The molecule has 0 aromatic carbocycles. The number of piperidine rings is 1. The monoisotopic (exact) mass is 335 g/mol. The Bertz CT molecular complexity index is 533. The second-order valence-corrected chi connectivity index (χ2v) is 8.06. The van der Waals surface area contributed by atoms with Gasteiger partial charge in [-0.15, -0.1) is 11.3 Å². The van der Waals surface area contributed by atoms with E-state index in [0.717, 1.165) is 30.9 Å². The summed E-state index contributed by atoms with van der Waals surface area (Å²) in [5.74, 6) is 2.52. The molecule has 6 heteroatoms. The smallest absolute Gasteiger partial charge is 0.191 e. The van der Waals surface area contributed by atoms with Crippen LogP contribution in [0.15, 0.2) is 10.4 Å². The van der Waals surface area contributed by atoms with Crippen LogP contribution < -0.4 is 10.6 Å². The summed E-state index contributed by atoms with van der Waals surface area (Å²) in [5.41, 5.74) is 1.23. The van der Waals surface area contributed by atoms with Crippen molar-refractivity contribution in [3.63, 3.8) is 0 Å². The van der Waals surface area contributed by atoms with E-state index in [1.807, 2.05) is 7.05 Å². The Labute approximate surface area is 143 Å². The van der Waals surface area contributed by atoms with E-state index in [0.29, 0.717) is 6.04 Å². The lowest BCUT2D eigenvalue weighted by atomic mass is 9.97. The molecule has 5 nitrogen and oxygen atoms in total. The number of hydrogen-bond acceptors (Lipinski definition) is 4. The van der Waals surface area contributed by atoms with Crippen molar-refractivity contribution in [2.24, 2.45) is 16.8 Å². The highest BCUT2D eigenvalue weighted by Gasteiger charge is 2.33. The molecule has 1 aromatic heterocycles. The van der Waals surface area contributed by atoms with Gasteiger partial charge in [-0.3, -0.25) is 9.89 Å². The number of nitrogens with one attached hydrogen (secondary N) is 2. The quantitative estimate of drug-likeness (QED) is 0.640. The number of aromatic nitrogens is 1. The van der Waals surface area contributed by atoms with Gasteiger partial charge in [0.25, 0.3) is 0 Å². The van der Waals surface area contributed by atoms with Crippen LogP contribution in [0.1, 0.15) is 36.9 Å². The largest absolute Gasteiger partial charge is 0.356 e. The Morgan fingerprint density at radius 1 is 1.43 bits per heavy atom. The molecule has 2 heterocycles. The maximum atomic E-state index is 4.57. The molecule has 128 valence electrons. The van der Waals surface area contributed by atoms with E-state index in [-0.39, 0.29) is 0 Å². The van der Waals surface area contributed by atoms with Gasteiger partial charge in [-0.2, -0.15) is 0 Å². The Balaban J connectivity index is 1.35. The van der Waals surface area contributed by atoms with Crippen molar-refractivity contribution < 1.29 is 0 Å². The lowest BCUT2D eigenvalue weighted by Crippen LogP contribution is -2.43. The Morgan fingerprint density at radius 3 is 2.74 bits per heavy atom. The molecule has 0 bridgehead atoms. The van der Waals surface area contributed by atoms with E-state index in [4.69, 9.17) is 0 Å².